The molecule has 0 saturated carbocycles. The van der Waals surface area contributed by atoms with Gasteiger partial charge in [-0.2, -0.15) is 11.8 Å². The molecule has 1 N–H and O–H groups in total. The normalized spacial score (nSPS) is 18.3. The van der Waals surface area contributed by atoms with Crippen molar-refractivity contribution < 1.29 is 4.74 Å². The lowest BCUT2D eigenvalue weighted by Gasteiger charge is -2.22. The fourth-order valence-electron chi connectivity index (χ4n) is 1.51. The highest BCUT2D eigenvalue weighted by Gasteiger charge is 2.11. The second-order valence-electron chi connectivity index (χ2n) is 3.53. The zero-order valence-electron chi connectivity index (χ0n) is 8.84. The largest absolute Gasteiger partial charge is 0.380 e. The van der Waals surface area contributed by atoms with Gasteiger partial charge in [-0.25, -0.2) is 0 Å². The van der Waals surface area contributed by atoms with Gasteiger partial charge in [0.25, 0.3) is 0 Å². The van der Waals surface area contributed by atoms with Gasteiger partial charge in [-0.05, 0) is 30.8 Å². The molecule has 0 amide bonds. The van der Waals surface area contributed by atoms with Crippen LogP contribution in [0.5, 0.6) is 0 Å². The van der Waals surface area contributed by atoms with Gasteiger partial charge in [0.15, 0.2) is 0 Å². The molecule has 0 spiro atoms. The fraction of sp³-hybridized carbons (Fsp3) is 0.818. The van der Waals surface area contributed by atoms with E-state index in [0.29, 0.717) is 0 Å². The summed E-state index contributed by atoms with van der Waals surface area (Å²) in [6, 6.07) is 0.735. The Kier molecular flexibility index (Phi) is 7.19. The Morgan fingerprint density at radius 3 is 2.86 bits per heavy atom. The monoisotopic (exact) mass is 215 g/mol. The highest BCUT2D eigenvalue weighted by Crippen LogP contribution is 2.16. The molecule has 14 heavy (non-hydrogen) atoms. The average Bonchev–Trinajstić information content (AvgIpc) is 2.25. The van der Waals surface area contributed by atoms with E-state index in [1.807, 2.05) is 6.08 Å². The van der Waals surface area contributed by atoms with Gasteiger partial charge >= 0.3 is 0 Å². The average molecular weight is 215 g/mol. The number of ether oxygens (including phenoxy) is 1. The van der Waals surface area contributed by atoms with Crippen LogP contribution in [0, 0.1) is 0 Å². The third-order valence-electron chi connectivity index (χ3n) is 2.37. The Morgan fingerprint density at radius 1 is 1.36 bits per heavy atom. The van der Waals surface area contributed by atoms with E-state index in [1.165, 1.54) is 24.3 Å². The summed E-state index contributed by atoms with van der Waals surface area (Å²) in [4.78, 5) is 0. The van der Waals surface area contributed by atoms with Crippen LogP contribution in [0.15, 0.2) is 12.7 Å². The summed E-state index contributed by atoms with van der Waals surface area (Å²) >= 11 is 2.07. The lowest BCUT2D eigenvalue weighted by Crippen LogP contribution is -2.34. The molecule has 1 heterocycles. The highest BCUT2D eigenvalue weighted by molar-refractivity contribution is 7.99. The van der Waals surface area contributed by atoms with Gasteiger partial charge in [-0.15, -0.1) is 6.58 Å². The molecule has 2 nitrogen and oxygen atoms in total. The van der Waals surface area contributed by atoms with Crippen molar-refractivity contribution in [2.24, 2.45) is 0 Å². The van der Waals surface area contributed by atoms with Gasteiger partial charge < -0.3 is 10.1 Å². The summed E-state index contributed by atoms with van der Waals surface area (Å²) in [5.41, 5.74) is 0. The first-order valence-corrected chi connectivity index (χ1v) is 6.58. The Bertz CT molecular complexity index is 146. The molecule has 0 aliphatic carbocycles. The van der Waals surface area contributed by atoms with E-state index in [4.69, 9.17) is 4.74 Å². The Labute approximate surface area is 91.5 Å². The maximum absolute atomic E-state index is 5.43. The predicted molar refractivity (Wildman–Crippen MR) is 64.0 cm³/mol. The fourth-order valence-corrected chi connectivity index (χ4v) is 2.61. The molecule has 0 atom stereocenters. The van der Waals surface area contributed by atoms with Crippen molar-refractivity contribution in [3.05, 3.63) is 12.7 Å². The molecule has 1 saturated heterocycles. The summed E-state index contributed by atoms with van der Waals surface area (Å²) < 4.78 is 5.43. The summed E-state index contributed by atoms with van der Waals surface area (Å²) in [6.45, 7) is 6.29. The third kappa shape index (κ3) is 5.68. The van der Waals surface area contributed by atoms with Crippen LogP contribution in [0.25, 0.3) is 0 Å². The topological polar surface area (TPSA) is 21.3 Å². The first-order chi connectivity index (χ1) is 6.93. The minimum Gasteiger partial charge on any atom is -0.380 e. The molecule has 0 aromatic rings. The molecular weight excluding hydrogens is 194 g/mol. The summed E-state index contributed by atoms with van der Waals surface area (Å²) in [6.07, 6.45) is 5.49. The number of thioether (sulfide) groups is 1. The van der Waals surface area contributed by atoms with Gasteiger partial charge in [-0.1, -0.05) is 6.08 Å². The van der Waals surface area contributed by atoms with E-state index in [9.17, 15) is 0 Å². The van der Waals surface area contributed by atoms with Crippen LogP contribution >= 0.6 is 11.8 Å². The highest BCUT2D eigenvalue weighted by atomic mass is 32.2. The molecule has 0 aromatic carbocycles. The summed E-state index contributed by atoms with van der Waals surface area (Å²) in [5, 5.41) is 3.53. The van der Waals surface area contributed by atoms with E-state index in [2.05, 4.69) is 23.7 Å². The molecule has 1 fully saturated rings. The Hall–Kier alpha value is 0.0100. The first-order valence-electron chi connectivity index (χ1n) is 5.43. The van der Waals surface area contributed by atoms with E-state index < -0.39 is 0 Å². The minimum absolute atomic E-state index is 0.735. The first kappa shape index (κ1) is 12.1. The molecule has 3 heteroatoms. The van der Waals surface area contributed by atoms with Crippen molar-refractivity contribution >= 4 is 11.8 Å². The molecular formula is C11H21NOS. The molecule has 1 rings (SSSR count). The third-order valence-corrected chi connectivity index (χ3v) is 3.42. The Balaban J connectivity index is 1.85. The van der Waals surface area contributed by atoms with Crippen LogP contribution in [0.4, 0.5) is 0 Å². The molecule has 0 aromatic heterocycles. The van der Waals surface area contributed by atoms with Crippen molar-refractivity contribution in [2.75, 3.05) is 31.3 Å². The standard InChI is InChI=1S/C11H21NOS/c1-2-3-7-13-8-6-12-11-4-9-14-10-5-11/h2,11-12H,1,3-10H2. The van der Waals surface area contributed by atoms with Gasteiger partial charge in [-0.3, -0.25) is 0 Å². The van der Waals surface area contributed by atoms with Crippen LogP contribution in [0.3, 0.4) is 0 Å². The van der Waals surface area contributed by atoms with Gasteiger partial charge in [0, 0.05) is 12.6 Å². The molecule has 1 aliphatic rings. The predicted octanol–water partition coefficient (Wildman–Crippen LogP) is 2.06. The maximum atomic E-state index is 5.43. The van der Waals surface area contributed by atoms with Crippen LogP contribution in [-0.4, -0.2) is 37.3 Å². The molecule has 82 valence electrons. The van der Waals surface area contributed by atoms with Crippen LogP contribution in [0.1, 0.15) is 19.3 Å². The number of nitrogens with one attached hydrogen (secondary N) is 1. The minimum atomic E-state index is 0.735. The second kappa shape index (κ2) is 8.33. The molecule has 0 bridgehead atoms. The van der Waals surface area contributed by atoms with Crippen LogP contribution in [0.2, 0.25) is 0 Å². The second-order valence-corrected chi connectivity index (χ2v) is 4.76. The maximum Gasteiger partial charge on any atom is 0.0591 e. The van der Waals surface area contributed by atoms with Crippen LogP contribution < -0.4 is 5.32 Å². The van der Waals surface area contributed by atoms with Crippen molar-refractivity contribution in [1.82, 2.24) is 5.32 Å². The summed E-state index contributed by atoms with van der Waals surface area (Å²) in [5.74, 6) is 2.63. The van der Waals surface area contributed by atoms with Crippen molar-refractivity contribution in [1.29, 1.82) is 0 Å². The van der Waals surface area contributed by atoms with Crippen molar-refractivity contribution in [3.8, 4) is 0 Å². The quantitative estimate of drug-likeness (QED) is 0.519. The SMILES string of the molecule is C=CCCOCCNC1CCSCC1. The molecule has 0 unspecified atom stereocenters. The molecule has 0 radical (unpaired) electrons. The van der Waals surface area contributed by atoms with E-state index in [1.54, 1.807) is 0 Å². The van der Waals surface area contributed by atoms with E-state index in [0.717, 1.165) is 32.2 Å². The lowest BCUT2D eigenvalue weighted by molar-refractivity contribution is 0.138. The van der Waals surface area contributed by atoms with Crippen molar-refractivity contribution in [2.45, 2.75) is 25.3 Å². The van der Waals surface area contributed by atoms with E-state index in [-0.39, 0.29) is 0 Å². The zero-order valence-corrected chi connectivity index (χ0v) is 9.65. The number of rotatable bonds is 7. The summed E-state index contributed by atoms with van der Waals surface area (Å²) in [7, 11) is 0. The van der Waals surface area contributed by atoms with E-state index >= 15 is 0 Å². The van der Waals surface area contributed by atoms with Gasteiger partial charge in [0.2, 0.25) is 0 Å². The lowest BCUT2D eigenvalue weighted by atomic mass is 10.1. The van der Waals surface area contributed by atoms with Crippen LogP contribution in [-0.2, 0) is 4.74 Å². The molecule has 1 aliphatic heterocycles. The van der Waals surface area contributed by atoms with Gasteiger partial charge in [0.1, 0.15) is 0 Å². The zero-order chi connectivity index (χ0) is 10.1. The van der Waals surface area contributed by atoms with Gasteiger partial charge in [0.05, 0.1) is 13.2 Å². The smallest absolute Gasteiger partial charge is 0.0591 e. The number of hydrogen-bond donors (Lipinski definition) is 1. The number of hydrogen-bond acceptors (Lipinski definition) is 3. The van der Waals surface area contributed by atoms with Crippen molar-refractivity contribution in [3.63, 3.8) is 0 Å². The Morgan fingerprint density at radius 2 is 2.14 bits per heavy atom.